The summed E-state index contributed by atoms with van der Waals surface area (Å²) < 4.78 is -0.125. The number of amides is 1. The molecule has 0 unspecified atom stereocenters. The topological polar surface area (TPSA) is 104 Å². The monoisotopic (exact) mass is 403 g/mol. The summed E-state index contributed by atoms with van der Waals surface area (Å²) in [5.41, 5.74) is 1.27. The maximum atomic E-state index is 12.4. The zero-order valence-corrected chi connectivity index (χ0v) is 15.4. The molecular formula is C19H14ClNO5S. The van der Waals surface area contributed by atoms with E-state index in [0.717, 1.165) is 22.5 Å². The zero-order valence-electron chi connectivity index (χ0n) is 13.9. The fraction of sp³-hybridized carbons (Fsp3) is 0.105. The molecule has 8 heteroatoms. The van der Waals surface area contributed by atoms with Gasteiger partial charge in [0, 0.05) is 15.1 Å². The number of carbonyl (C=O) groups excluding carboxylic acids is 1. The van der Waals surface area contributed by atoms with E-state index in [1.807, 2.05) is 30.3 Å². The predicted octanol–water partition coefficient (Wildman–Crippen LogP) is 3.03. The maximum absolute atomic E-state index is 12.4. The average molecular weight is 404 g/mol. The Morgan fingerprint density at radius 2 is 1.85 bits per heavy atom. The third kappa shape index (κ3) is 4.10. The predicted molar refractivity (Wildman–Crippen MR) is 104 cm³/mol. The largest absolute Gasteiger partial charge is 0.506 e. The van der Waals surface area contributed by atoms with Gasteiger partial charge in [-0.1, -0.05) is 53.3 Å². The number of carbonyl (C=O) groups is 2. The highest BCUT2D eigenvalue weighted by Gasteiger charge is 2.21. The molecule has 1 amide bonds. The third-order valence-corrected chi connectivity index (χ3v) is 5.18. The number of carboxylic acids is 1. The number of hydrogen-bond acceptors (Lipinski definition) is 5. The lowest BCUT2D eigenvalue weighted by Crippen LogP contribution is -2.32. The molecule has 0 fully saturated rings. The molecule has 1 aromatic heterocycles. The first-order chi connectivity index (χ1) is 12.9. The zero-order chi connectivity index (χ0) is 19.6. The first-order valence-electron chi connectivity index (χ1n) is 7.89. The third-order valence-electron chi connectivity index (χ3n) is 3.89. The summed E-state index contributed by atoms with van der Waals surface area (Å²) in [6, 6.07) is 12.7. The Labute approximate surface area is 162 Å². The second-order valence-electron chi connectivity index (χ2n) is 5.79. The summed E-state index contributed by atoms with van der Waals surface area (Å²) in [5, 5.41) is 21.9. The molecule has 0 spiro atoms. The van der Waals surface area contributed by atoms with Gasteiger partial charge in [-0.15, -0.1) is 0 Å². The first-order valence-corrected chi connectivity index (χ1v) is 9.08. The molecule has 0 atom stereocenters. The van der Waals surface area contributed by atoms with Crippen LogP contribution < -0.4 is 10.1 Å². The van der Waals surface area contributed by atoms with Crippen molar-refractivity contribution in [3.8, 4) is 5.75 Å². The molecule has 0 bridgehead atoms. The molecule has 0 aliphatic heterocycles. The second-order valence-corrected chi connectivity index (χ2v) is 7.21. The summed E-state index contributed by atoms with van der Waals surface area (Å²) >= 11 is 6.99. The van der Waals surface area contributed by atoms with Gasteiger partial charge in [-0.25, -0.2) is 0 Å². The molecule has 0 aliphatic rings. The number of hydrogen-bond donors (Lipinski definition) is 3. The number of nitrogens with one attached hydrogen (secondary N) is 1. The number of rotatable bonds is 5. The minimum atomic E-state index is -1.26. The van der Waals surface area contributed by atoms with Crippen molar-refractivity contribution in [3.05, 3.63) is 73.7 Å². The quantitative estimate of drug-likeness (QED) is 0.607. The van der Waals surface area contributed by atoms with E-state index in [0.29, 0.717) is 16.1 Å². The lowest BCUT2D eigenvalue weighted by atomic mass is 10.0. The van der Waals surface area contributed by atoms with Crippen LogP contribution in [0.3, 0.4) is 0 Å². The van der Waals surface area contributed by atoms with Crippen molar-refractivity contribution < 1.29 is 19.8 Å². The highest BCUT2D eigenvalue weighted by Crippen LogP contribution is 2.34. The van der Waals surface area contributed by atoms with Crippen molar-refractivity contribution in [2.24, 2.45) is 0 Å². The van der Waals surface area contributed by atoms with Crippen LogP contribution in [0.2, 0.25) is 5.02 Å². The summed E-state index contributed by atoms with van der Waals surface area (Å²) in [6.45, 7) is -0.658. The number of aliphatic carboxylic acids is 1. The van der Waals surface area contributed by atoms with Crippen LogP contribution in [0.15, 0.2) is 47.3 Å². The maximum Gasteiger partial charge on any atom is 0.322 e. The van der Waals surface area contributed by atoms with Gasteiger partial charge in [-0.2, -0.15) is 0 Å². The first kappa shape index (κ1) is 18.9. The molecule has 138 valence electrons. The molecule has 3 N–H and O–H groups in total. The van der Waals surface area contributed by atoms with Gasteiger partial charge in [-0.3, -0.25) is 14.4 Å². The molecule has 0 saturated heterocycles. The van der Waals surface area contributed by atoms with E-state index in [9.17, 15) is 19.5 Å². The van der Waals surface area contributed by atoms with Crippen LogP contribution in [0.1, 0.15) is 21.5 Å². The number of aromatic hydroxyl groups is 1. The fourth-order valence-electron chi connectivity index (χ4n) is 2.71. The smallest absolute Gasteiger partial charge is 0.322 e. The Hall–Kier alpha value is -2.90. The molecule has 6 nitrogen and oxygen atoms in total. The highest BCUT2D eigenvalue weighted by atomic mass is 35.5. The Morgan fingerprint density at radius 3 is 2.52 bits per heavy atom. The van der Waals surface area contributed by atoms with Crippen LogP contribution >= 0.6 is 22.9 Å². The van der Waals surface area contributed by atoms with E-state index >= 15 is 0 Å². The van der Waals surface area contributed by atoms with Crippen LogP contribution in [0.25, 0.3) is 10.1 Å². The number of halogens is 1. The van der Waals surface area contributed by atoms with Crippen molar-refractivity contribution in [2.45, 2.75) is 6.42 Å². The normalized spacial score (nSPS) is 10.7. The van der Waals surface area contributed by atoms with Crippen molar-refractivity contribution in [1.82, 2.24) is 5.32 Å². The lowest BCUT2D eigenvalue weighted by Gasteiger charge is -2.11. The van der Waals surface area contributed by atoms with E-state index in [2.05, 4.69) is 5.32 Å². The average Bonchev–Trinajstić information content (AvgIpc) is 2.62. The van der Waals surface area contributed by atoms with Crippen molar-refractivity contribution in [3.63, 3.8) is 0 Å². The second kappa shape index (κ2) is 7.77. The summed E-state index contributed by atoms with van der Waals surface area (Å²) in [7, 11) is 0. The van der Waals surface area contributed by atoms with E-state index in [4.69, 9.17) is 16.7 Å². The number of carboxylic acid groups (broad SMARTS) is 1. The molecule has 0 saturated carbocycles. The highest BCUT2D eigenvalue weighted by molar-refractivity contribution is 7.16. The standard InChI is InChI=1S/C19H14ClNO5S/c20-12-7-11(6-10-4-2-1-3-5-10)17-13(8-12)16(24)15(19(26)27-17)18(25)21-9-14(22)23/h1-5,7-8,24H,6,9H2,(H,21,25)(H,22,23). The molecule has 0 aliphatic carbocycles. The summed E-state index contributed by atoms with van der Waals surface area (Å²) in [5.74, 6) is -2.70. The Bertz CT molecular complexity index is 1090. The van der Waals surface area contributed by atoms with Gasteiger partial charge >= 0.3 is 5.97 Å². The van der Waals surface area contributed by atoms with Crippen molar-refractivity contribution in [2.75, 3.05) is 6.54 Å². The van der Waals surface area contributed by atoms with Gasteiger partial charge in [0.05, 0.1) is 0 Å². The Balaban J connectivity index is 2.12. The molecule has 3 rings (SSSR count). The van der Waals surface area contributed by atoms with Crippen molar-refractivity contribution in [1.29, 1.82) is 0 Å². The van der Waals surface area contributed by atoms with Crippen LogP contribution in [0.5, 0.6) is 5.75 Å². The van der Waals surface area contributed by atoms with Gasteiger partial charge in [-0.05, 0) is 29.7 Å². The Kier molecular flexibility index (Phi) is 5.43. The molecule has 2 aromatic carbocycles. The van der Waals surface area contributed by atoms with Gasteiger partial charge in [0.1, 0.15) is 17.9 Å². The Morgan fingerprint density at radius 1 is 1.15 bits per heavy atom. The van der Waals surface area contributed by atoms with Gasteiger partial charge < -0.3 is 15.5 Å². The summed E-state index contributed by atoms with van der Waals surface area (Å²) in [4.78, 5) is 35.2. The van der Waals surface area contributed by atoms with E-state index in [1.165, 1.54) is 6.07 Å². The minimum Gasteiger partial charge on any atom is -0.506 e. The van der Waals surface area contributed by atoms with Gasteiger partial charge in [0.15, 0.2) is 0 Å². The van der Waals surface area contributed by atoms with Crippen LogP contribution in [-0.4, -0.2) is 28.6 Å². The SMILES string of the molecule is O=C(O)CNC(=O)c1c(O)c2cc(Cl)cc(Cc3ccccc3)c2sc1=O. The van der Waals surface area contributed by atoms with Crippen LogP contribution in [0, 0.1) is 0 Å². The number of fused-ring (bicyclic) bond motifs is 1. The van der Waals surface area contributed by atoms with Gasteiger partial charge in [0.25, 0.3) is 5.91 Å². The lowest BCUT2D eigenvalue weighted by molar-refractivity contribution is -0.135. The van der Waals surface area contributed by atoms with Crippen LogP contribution in [-0.2, 0) is 11.2 Å². The summed E-state index contributed by atoms with van der Waals surface area (Å²) in [6.07, 6.45) is 0.498. The van der Waals surface area contributed by atoms with Gasteiger partial charge in [0.2, 0.25) is 4.74 Å². The molecule has 0 radical (unpaired) electrons. The van der Waals surface area contributed by atoms with Crippen LogP contribution in [0.4, 0.5) is 0 Å². The minimum absolute atomic E-state index is 0.276. The van der Waals surface area contributed by atoms with Crippen molar-refractivity contribution >= 4 is 44.9 Å². The molecule has 27 heavy (non-hydrogen) atoms. The fourth-order valence-corrected chi connectivity index (χ4v) is 3.96. The molecule has 1 heterocycles. The molecule has 3 aromatic rings. The number of benzene rings is 2. The van der Waals surface area contributed by atoms with E-state index in [-0.39, 0.29) is 5.39 Å². The van der Waals surface area contributed by atoms with E-state index < -0.39 is 34.5 Å². The van der Waals surface area contributed by atoms with E-state index in [1.54, 1.807) is 6.07 Å². The molecular weight excluding hydrogens is 390 g/mol.